The lowest BCUT2D eigenvalue weighted by molar-refractivity contribution is -0.121. The second kappa shape index (κ2) is 6.94. The van der Waals surface area contributed by atoms with Gasteiger partial charge in [-0.15, -0.1) is 0 Å². The molecule has 0 aromatic carbocycles. The molecule has 0 spiro atoms. The van der Waals surface area contributed by atoms with Gasteiger partial charge < -0.3 is 20.4 Å². The number of piperidine rings is 1. The van der Waals surface area contributed by atoms with Gasteiger partial charge in [0.05, 0.1) is 6.26 Å². The Morgan fingerprint density at radius 2 is 2.37 bits per heavy atom. The first-order valence-corrected chi connectivity index (χ1v) is 6.57. The number of carbonyl (C=O) groups is 2. The van der Waals surface area contributed by atoms with E-state index in [-0.39, 0.29) is 30.0 Å². The second-order valence-electron chi connectivity index (χ2n) is 4.59. The molecule has 19 heavy (non-hydrogen) atoms. The third-order valence-corrected chi connectivity index (χ3v) is 3.04. The monoisotopic (exact) mass is 265 g/mol. The van der Waals surface area contributed by atoms with Gasteiger partial charge in [0, 0.05) is 25.6 Å². The van der Waals surface area contributed by atoms with Gasteiger partial charge in [-0.1, -0.05) is 0 Å². The van der Waals surface area contributed by atoms with Crippen LogP contribution in [0.1, 0.15) is 29.8 Å². The van der Waals surface area contributed by atoms with Gasteiger partial charge >= 0.3 is 0 Å². The maximum absolute atomic E-state index is 11.7. The van der Waals surface area contributed by atoms with E-state index in [4.69, 9.17) is 4.42 Å². The molecule has 1 aliphatic rings. The smallest absolute Gasteiger partial charge is 0.286 e. The fourth-order valence-electron chi connectivity index (χ4n) is 2.06. The average Bonchev–Trinajstić information content (AvgIpc) is 2.93. The molecule has 1 aromatic heterocycles. The molecule has 1 aliphatic heterocycles. The topological polar surface area (TPSA) is 83.4 Å². The Kier molecular flexibility index (Phi) is 4.97. The van der Waals surface area contributed by atoms with Gasteiger partial charge in [-0.05, 0) is 31.5 Å². The van der Waals surface area contributed by atoms with Crippen LogP contribution < -0.4 is 16.0 Å². The first kappa shape index (κ1) is 13.6. The summed E-state index contributed by atoms with van der Waals surface area (Å²) in [5.74, 6) is -0.0672. The highest BCUT2D eigenvalue weighted by atomic mass is 16.3. The maximum Gasteiger partial charge on any atom is 0.286 e. The Hall–Kier alpha value is -1.82. The number of hydrogen-bond donors (Lipinski definition) is 3. The van der Waals surface area contributed by atoms with E-state index in [1.54, 1.807) is 12.1 Å². The van der Waals surface area contributed by atoms with Crippen molar-refractivity contribution < 1.29 is 14.0 Å². The van der Waals surface area contributed by atoms with Crippen molar-refractivity contribution in [3.63, 3.8) is 0 Å². The normalized spacial score (nSPS) is 18.8. The van der Waals surface area contributed by atoms with Gasteiger partial charge in [0.1, 0.15) is 0 Å². The molecular weight excluding hydrogens is 246 g/mol. The molecule has 1 aromatic rings. The first-order valence-electron chi connectivity index (χ1n) is 6.57. The summed E-state index contributed by atoms with van der Waals surface area (Å²) in [7, 11) is 0. The maximum atomic E-state index is 11.7. The van der Waals surface area contributed by atoms with E-state index in [1.165, 1.54) is 6.26 Å². The summed E-state index contributed by atoms with van der Waals surface area (Å²) in [6, 6.07) is 3.45. The van der Waals surface area contributed by atoms with Crippen LogP contribution in [0.5, 0.6) is 0 Å². The lowest BCUT2D eigenvalue weighted by atomic mass is 10.1. The number of nitrogens with one attached hydrogen (secondary N) is 3. The largest absolute Gasteiger partial charge is 0.459 e. The van der Waals surface area contributed by atoms with Crippen LogP contribution in [0.3, 0.4) is 0 Å². The summed E-state index contributed by atoms with van der Waals surface area (Å²) in [5.41, 5.74) is 0. The van der Waals surface area contributed by atoms with Crippen molar-refractivity contribution in [1.82, 2.24) is 16.0 Å². The van der Waals surface area contributed by atoms with Gasteiger partial charge in [0.2, 0.25) is 5.91 Å². The molecular formula is C13H19N3O3. The molecule has 1 unspecified atom stereocenters. The number of amides is 2. The Bertz CT molecular complexity index is 411. The highest BCUT2D eigenvalue weighted by Crippen LogP contribution is 2.01. The summed E-state index contributed by atoms with van der Waals surface area (Å²) < 4.78 is 4.95. The molecule has 0 aliphatic carbocycles. The summed E-state index contributed by atoms with van der Waals surface area (Å²) in [6.45, 7) is 2.15. The Balaban J connectivity index is 1.62. The van der Waals surface area contributed by atoms with Crippen LogP contribution in [-0.4, -0.2) is 37.5 Å². The van der Waals surface area contributed by atoms with Gasteiger partial charge in [-0.3, -0.25) is 9.59 Å². The van der Waals surface area contributed by atoms with Gasteiger partial charge in [0.25, 0.3) is 5.91 Å². The zero-order valence-electron chi connectivity index (χ0n) is 10.8. The zero-order valence-corrected chi connectivity index (χ0v) is 10.8. The van der Waals surface area contributed by atoms with Crippen LogP contribution in [-0.2, 0) is 4.79 Å². The fourth-order valence-corrected chi connectivity index (χ4v) is 2.06. The third-order valence-electron chi connectivity index (χ3n) is 3.04. The van der Waals surface area contributed by atoms with E-state index in [1.807, 2.05) is 0 Å². The van der Waals surface area contributed by atoms with E-state index in [0.717, 1.165) is 25.9 Å². The quantitative estimate of drug-likeness (QED) is 0.713. The van der Waals surface area contributed by atoms with Crippen molar-refractivity contribution in [2.45, 2.75) is 25.3 Å². The predicted octanol–water partition coefficient (Wildman–Crippen LogP) is 0.268. The molecule has 1 atom stereocenters. The SMILES string of the molecule is O=C(CCNC(=O)c1ccco1)NC1CCCNC1. The van der Waals surface area contributed by atoms with Crippen molar-refractivity contribution in [3.8, 4) is 0 Å². The summed E-state index contributed by atoms with van der Waals surface area (Å²) >= 11 is 0. The van der Waals surface area contributed by atoms with Crippen LogP contribution in [0, 0.1) is 0 Å². The lowest BCUT2D eigenvalue weighted by Crippen LogP contribution is -2.46. The van der Waals surface area contributed by atoms with Crippen molar-refractivity contribution >= 4 is 11.8 Å². The molecule has 6 heteroatoms. The molecule has 104 valence electrons. The molecule has 0 saturated carbocycles. The highest BCUT2D eigenvalue weighted by Gasteiger charge is 2.15. The lowest BCUT2D eigenvalue weighted by Gasteiger charge is -2.23. The number of hydrogen-bond acceptors (Lipinski definition) is 4. The average molecular weight is 265 g/mol. The van der Waals surface area contributed by atoms with E-state index in [9.17, 15) is 9.59 Å². The standard InChI is InChI=1S/C13H19N3O3/c17-12(16-10-3-1-6-14-9-10)5-7-15-13(18)11-4-2-8-19-11/h2,4,8,10,14H,1,3,5-7,9H2,(H,15,18)(H,16,17). The minimum atomic E-state index is -0.294. The van der Waals surface area contributed by atoms with E-state index in [2.05, 4.69) is 16.0 Å². The third kappa shape index (κ3) is 4.40. The van der Waals surface area contributed by atoms with E-state index >= 15 is 0 Å². The van der Waals surface area contributed by atoms with Crippen LogP contribution in [0.2, 0.25) is 0 Å². The van der Waals surface area contributed by atoms with Crippen molar-refractivity contribution in [2.24, 2.45) is 0 Å². The predicted molar refractivity (Wildman–Crippen MR) is 69.7 cm³/mol. The molecule has 3 N–H and O–H groups in total. The molecule has 2 heterocycles. The van der Waals surface area contributed by atoms with E-state index < -0.39 is 0 Å². The molecule has 0 radical (unpaired) electrons. The Morgan fingerprint density at radius 1 is 1.47 bits per heavy atom. The van der Waals surface area contributed by atoms with Crippen LogP contribution in [0.4, 0.5) is 0 Å². The van der Waals surface area contributed by atoms with Crippen LogP contribution in [0.25, 0.3) is 0 Å². The summed E-state index contributed by atoms with van der Waals surface area (Å²) in [5, 5.41) is 8.83. The summed E-state index contributed by atoms with van der Waals surface area (Å²) in [4.78, 5) is 23.2. The fraction of sp³-hybridized carbons (Fsp3) is 0.538. The molecule has 2 amide bonds. The summed E-state index contributed by atoms with van der Waals surface area (Å²) in [6.07, 6.45) is 3.82. The van der Waals surface area contributed by atoms with Crippen molar-refractivity contribution in [1.29, 1.82) is 0 Å². The number of furan rings is 1. The van der Waals surface area contributed by atoms with E-state index in [0.29, 0.717) is 6.54 Å². The molecule has 1 saturated heterocycles. The second-order valence-corrected chi connectivity index (χ2v) is 4.59. The van der Waals surface area contributed by atoms with Crippen molar-refractivity contribution in [3.05, 3.63) is 24.2 Å². The van der Waals surface area contributed by atoms with Gasteiger partial charge in [-0.2, -0.15) is 0 Å². The molecule has 1 fully saturated rings. The minimum absolute atomic E-state index is 0.0338. The molecule has 2 rings (SSSR count). The highest BCUT2D eigenvalue weighted by molar-refractivity contribution is 5.91. The first-order chi connectivity index (χ1) is 9.25. The van der Waals surface area contributed by atoms with Crippen LogP contribution >= 0.6 is 0 Å². The van der Waals surface area contributed by atoms with Gasteiger partial charge in [0.15, 0.2) is 5.76 Å². The zero-order chi connectivity index (χ0) is 13.5. The Labute approximate surface area is 111 Å². The van der Waals surface area contributed by atoms with Crippen molar-refractivity contribution in [2.75, 3.05) is 19.6 Å². The Morgan fingerprint density at radius 3 is 3.05 bits per heavy atom. The molecule has 0 bridgehead atoms. The number of rotatable bonds is 5. The van der Waals surface area contributed by atoms with Crippen LogP contribution in [0.15, 0.2) is 22.8 Å². The van der Waals surface area contributed by atoms with Gasteiger partial charge in [-0.25, -0.2) is 0 Å². The molecule has 6 nitrogen and oxygen atoms in total. The number of carbonyl (C=O) groups excluding carboxylic acids is 2. The minimum Gasteiger partial charge on any atom is -0.459 e.